The van der Waals surface area contributed by atoms with Gasteiger partial charge in [-0.3, -0.25) is 19.5 Å². The van der Waals surface area contributed by atoms with Crippen molar-refractivity contribution >= 4 is 29.1 Å². The third-order valence-electron chi connectivity index (χ3n) is 6.69. The van der Waals surface area contributed by atoms with Gasteiger partial charge in [0.25, 0.3) is 11.2 Å². The number of benzene rings is 3. The first-order valence-corrected chi connectivity index (χ1v) is 13.9. The Kier molecular flexibility index (Phi) is 8.30. The lowest BCUT2D eigenvalue weighted by Gasteiger charge is -2.24. The molecule has 0 radical (unpaired) electrons. The molecule has 0 bridgehead atoms. The maximum absolute atomic E-state index is 13.8. The van der Waals surface area contributed by atoms with Crippen LogP contribution in [0.3, 0.4) is 0 Å². The molecule has 5 rings (SSSR count). The van der Waals surface area contributed by atoms with Gasteiger partial charge in [0.1, 0.15) is 18.1 Å². The fraction of sp³-hybridized carbons (Fsp3) is 0.194. The van der Waals surface area contributed by atoms with Crippen molar-refractivity contribution in [2.24, 2.45) is 4.99 Å². The van der Waals surface area contributed by atoms with Crippen LogP contribution in [0.15, 0.2) is 93.9 Å². The number of thiazole rings is 1. The fourth-order valence-electron chi connectivity index (χ4n) is 4.71. The molecule has 3 aromatic carbocycles. The third-order valence-corrected chi connectivity index (χ3v) is 7.67. The Bertz CT molecular complexity index is 1870. The summed E-state index contributed by atoms with van der Waals surface area (Å²) in [7, 11) is 1.57. The number of methoxy groups -OCH3 is 1. The maximum Gasteiger partial charge on any atom is 0.338 e. The van der Waals surface area contributed by atoms with Crippen molar-refractivity contribution in [1.82, 2.24) is 4.57 Å². The molecular formula is C31H27N3O7S. The Labute approximate surface area is 244 Å². The Morgan fingerprint density at radius 2 is 1.86 bits per heavy atom. The van der Waals surface area contributed by atoms with Gasteiger partial charge in [-0.05, 0) is 61.4 Å². The van der Waals surface area contributed by atoms with Crippen molar-refractivity contribution in [2.75, 3.05) is 13.7 Å². The lowest BCUT2D eigenvalue weighted by molar-refractivity contribution is -0.385. The van der Waals surface area contributed by atoms with Crippen molar-refractivity contribution in [2.45, 2.75) is 26.5 Å². The van der Waals surface area contributed by atoms with E-state index in [0.717, 1.165) is 0 Å². The van der Waals surface area contributed by atoms with E-state index >= 15 is 0 Å². The first-order chi connectivity index (χ1) is 20.3. The number of rotatable bonds is 9. The second kappa shape index (κ2) is 12.2. The summed E-state index contributed by atoms with van der Waals surface area (Å²) in [5.41, 5.74) is 2.32. The van der Waals surface area contributed by atoms with Gasteiger partial charge in [-0.25, -0.2) is 9.79 Å². The minimum absolute atomic E-state index is 0.0145. The number of nitro groups is 1. The summed E-state index contributed by atoms with van der Waals surface area (Å²) >= 11 is 1.22. The summed E-state index contributed by atoms with van der Waals surface area (Å²) < 4.78 is 18.4. The molecule has 11 heteroatoms. The van der Waals surface area contributed by atoms with E-state index in [0.29, 0.717) is 48.8 Å². The normalized spacial score (nSPS) is 14.6. The van der Waals surface area contributed by atoms with Gasteiger partial charge in [0.05, 0.1) is 46.0 Å². The van der Waals surface area contributed by atoms with Crippen LogP contribution in [0.4, 0.5) is 5.69 Å². The smallest absolute Gasteiger partial charge is 0.338 e. The zero-order valence-electron chi connectivity index (χ0n) is 23.1. The first kappa shape index (κ1) is 28.5. The van der Waals surface area contributed by atoms with E-state index in [4.69, 9.17) is 14.2 Å². The van der Waals surface area contributed by atoms with Crippen LogP contribution in [-0.4, -0.2) is 29.2 Å². The summed E-state index contributed by atoms with van der Waals surface area (Å²) in [5, 5.41) is 11.3. The molecule has 0 fully saturated rings. The fourth-order valence-corrected chi connectivity index (χ4v) is 5.76. The zero-order chi connectivity index (χ0) is 29.8. The minimum atomic E-state index is -0.732. The van der Waals surface area contributed by atoms with E-state index in [1.54, 1.807) is 75.6 Å². The molecule has 1 aliphatic heterocycles. The molecule has 214 valence electrons. The van der Waals surface area contributed by atoms with Gasteiger partial charge in [0.15, 0.2) is 4.80 Å². The van der Waals surface area contributed by atoms with Crippen LogP contribution in [0.5, 0.6) is 11.5 Å². The van der Waals surface area contributed by atoms with Crippen LogP contribution in [0, 0.1) is 10.1 Å². The van der Waals surface area contributed by atoms with Gasteiger partial charge in [-0.1, -0.05) is 47.7 Å². The van der Waals surface area contributed by atoms with Crippen LogP contribution in [0.2, 0.25) is 0 Å². The quantitative estimate of drug-likeness (QED) is 0.163. The second-order valence-corrected chi connectivity index (χ2v) is 10.3. The summed E-state index contributed by atoms with van der Waals surface area (Å²) in [6.07, 6.45) is 1.73. The second-order valence-electron chi connectivity index (χ2n) is 9.32. The Hall–Kier alpha value is -5.03. The molecule has 1 atom stereocenters. The highest BCUT2D eigenvalue weighted by Crippen LogP contribution is 2.31. The van der Waals surface area contributed by atoms with Crippen molar-refractivity contribution in [3.05, 3.63) is 131 Å². The predicted octanol–water partition coefficient (Wildman–Crippen LogP) is 4.29. The van der Waals surface area contributed by atoms with E-state index in [-0.39, 0.29) is 24.5 Å². The topological polar surface area (TPSA) is 122 Å². The molecular weight excluding hydrogens is 558 g/mol. The summed E-state index contributed by atoms with van der Waals surface area (Å²) in [6, 6.07) is 20.0. The lowest BCUT2D eigenvalue weighted by atomic mass is 9.96. The molecule has 0 saturated heterocycles. The highest BCUT2D eigenvalue weighted by molar-refractivity contribution is 7.07. The highest BCUT2D eigenvalue weighted by atomic mass is 32.1. The number of nitrogens with zero attached hydrogens (tertiary/aromatic N) is 3. The predicted molar refractivity (Wildman–Crippen MR) is 157 cm³/mol. The molecule has 42 heavy (non-hydrogen) atoms. The van der Waals surface area contributed by atoms with Crippen LogP contribution >= 0.6 is 11.3 Å². The average molecular weight is 586 g/mol. The van der Waals surface area contributed by atoms with Gasteiger partial charge in [-0.15, -0.1) is 0 Å². The number of fused-ring (bicyclic) bond motifs is 1. The van der Waals surface area contributed by atoms with Gasteiger partial charge >= 0.3 is 5.97 Å². The molecule has 0 N–H and O–H groups in total. The number of allylic oxidation sites excluding steroid dienone is 1. The van der Waals surface area contributed by atoms with Gasteiger partial charge in [0, 0.05) is 6.07 Å². The monoisotopic (exact) mass is 585 g/mol. The van der Waals surface area contributed by atoms with Crippen LogP contribution in [-0.2, 0) is 16.1 Å². The van der Waals surface area contributed by atoms with Gasteiger partial charge < -0.3 is 14.2 Å². The number of carbonyl (C=O) groups excluding carboxylic acids is 1. The number of nitro benzene ring substituents is 1. The molecule has 2 heterocycles. The summed E-state index contributed by atoms with van der Waals surface area (Å²) in [4.78, 5) is 42.9. The first-order valence-electron chi connectivity index (χ1n) is 13.1. The van der Waals surface area contributed by atoms with Crippen molar-refractivity contribution in [1.29, 1.82) is 0 Å². The molecule has 0 saturated carbocycles. The Morgan fingerprint density at radius 1 is 1.10 bits per heavy atom. The standard InChI is InChI=1S/C31H27N3O7S/c1-4-40-30(36)27-19(2)32-31-33(28(27)21-12-14-23(39-3)15-13-21)29(35)26(42-31)17-20-8-7-10-24(16-20)41-18-22-9-5-6-11-25(22)34(37)38/h5-17,28H,4,18H2,1-3H3/b26-17+/t28-/m1/s1. The van der Waals surface area contributed by atoms with Gasteiger partial charge in [-0.2, -0.15) is 0 Å². The minimum Gasteiger partial charge on any atom is -0.497 e. The summed E-state index contributed by atoms with van der Waals surface area (Å²) in [6.45, 7) is 3.66. The molecule has 10 nitrogen and oxygen atoms in total. The van der Waals surface area contributed by atoms with Crippen molar-refractivity contribution in [3.8, 4) is 11.5 Å². The summed E-state index contributed by atoms with van der Waals surface area (Å²) in [5.74, 6) is 0.608. The molecule has 0 aliphatic carbocycles. The maximum atomic E-state index is 13.8. The number of hydrogen-bond donors (Lipinski definition) is 0. The van der Waals surface area contributed by atoms with E-state index in [9.17, 15) is 19.7 Å². The van der Waals surface area contributed by atoms with Crippen LogP contribution in [0.25, 0.3) is 6.08 Å². The number of para-hydroxylation sites is 1. The zero-order valence-corrected chi connectivity index (χ0v) is 23.9. The SMILES string of the molecule is CCOC(=O)C1=C(C)N=c2s/c(=C/c3cccc(OCc4ccccc4[N+](=O)[O-])c3)c(=O)n2[C@@H]1c1ccc(OC)cc1. The van der Waals surface area contributed by atoms with Crippen LogP contribution < -0.4 is 24.4 Å². The molecule has 1 aromatic heterocycles. The molecule has 0 spiro atoms. The highest BCUT2D eigenvalue weighted by Gasteiger charge is 2.33. The average Bonchev–Trinajstić information content (AvgIpc) is 3.29. The van der Waals surface area contributed by atoms with Crippen molar-refractivity contribution < 1.29 is 23.9 Å². The number of hydrogen-bond acceptors (Lipinski definition) is 9. The van der Waals surface area contributed by atoms with E-state index in [2.05, 4.69) is 4.99 Å². The number of carbonyl (C=O) groups is 1. The number of aromatic nitrogens is 1. The Morgan fingerprint density at radius 3 is 2.57 bits per heavy atom. The number of ether oxygens (including phenoxy) is 3. The third kappa shape index (κ3) is 5.72. The number of esters is 1. The van der Waals surface area contributed by atoms with E-state index in [1.165, 1.54) is 22.0 Å². The van der Waals surface area contributed by atoms with E-state index < -0.39 is 16.9 Å². The van der Waals surface area contributed by atoms with Gasteiger partial charge in [0.2, 0.25) is 0 Å². The van der Waals surface area contributed by atoms with Crippen molar-refractivity contribution in [3.63, 3.8) is 0 Å². The largest absolute Gasteiger partial charge is 0.497 e. The Balaban J connectivity index is 1.53. The molecule has 4 aromatic rings. The molecule has 1 aliphatic rings. The molecule has 0 unspecified atom stereocenters. The molecule has 0 amide bonds. The van der Waals surface area contributed by atoms with Crippen LogP contribution in [0.1, 0.15) is 36.6 Å². The van der Waals surface area contributed by atoms with E-state index in [1.807, 2.05) is 18.2 Å². The lowest BCUT2D eigenvalue weighted by Crippen LogP contribution is -2.39.